The van der Waals surface area contributed by atoms with Crippen LogP contribution in [0.5, 0.6) is 5.75 Å². The Hall–Kier alpha value is -2.27. The van der Waals surface area contributed by atoms with E-state index in [0.29, 0.717) is 12.1 Å². The Labute approximate surface area is 149 Å². The van der Waals surface area contributed by atoms with Gasteiger partial charge < -0.3 is 14.5 Å². The molecule has 0 radical (unpaired) electrons. The van der Waals surface area contributed by atoms with E-state index in [1.807, 2.05) is 12.1 Å². The molecule has 1 aliphatic rings. The molecule has 25 heavy (non-hydrogen) atoms. The van der Waals surface area contributed by atoms with Crippen molar-refractivity contribution in [2.24, 2.45) is 5.92 Å². The van der Waals surface area contributed by atoms with Gasteiger partial charge in [0.25, 0.3) is 5.91 Å². The zero-order valence-corrected chi connectivity index (χ0v) is 14.9. The summed E-state index contributed by atoms with van der Waals surface area (Å²) in [5.41, 5.74) is 0.631. The molecule has 0 unspecified atom stereocenters. The predicted octanol–water partition coefficient (Wildman–Crippen LogP) is 3.49. The van der Waals surface area contributed by atoms with Crippen LogP contribution in [-0.2, 0) is 0 Å². The Morgan fingerprint density at radius 2 is 2.00 bits per heavy atom. The van der Waals surface area contributed by atoms with E-state index in [1.54, 1.807) is 37.6 Å². The fraction of sp³-hybridized carbons (Fsp3) is 0.450. The average Bonchev–Trinajstić information content (AvgIpc) is 3.17. The molecular formula is C20H26N2O3. The molecule has 1 N–H and O–H groups in total. The smallest absolute Gasteiger partial charge is 0.251 e. The topological polar surface area (TPSA) is 54.7 Å². The third-order valence-corrected chi connectivity index (χ3v) is 4.94. The molecule has 1 fully saturated rings. The van der Waals surface area contributed by atoms with Gasteiger partial charge in [0.1, 0.15) is 11.5 Å². The molecule has 3 rings (SSSR count). The minimum atomic E-state index is -0.0791. The van der Waals surface area contributed by atoms with E-state index < -0.39 is 0 Å². The molecule has 1 amide bonds. The van der Waals surface area contributed by atoms with E-state index in [2.05, 4.69) is 17.1 Å². The fourth-order valence-electron chi connectivity index (χ4n) is 3.26. The van der Waals surface area contributed by atoms with Gasteiger partial charge in [-0.15, -0.1) is 0 Å². The highest BCUT2D eigenvalue weighted by Crippen LogP contribution is 2.26. The van der Waals surface area contributed by atoms with E-state index in [0.717, 1.165) is 30.5 Å². The number of carbonyl (C=O) groups excluding carboxylic acids is 1. The molecular weight excluding hydrogens is 316 g/mol. The highest BCUT2D eigenvalue weighted by atomic mass is 16.5. The van der Waals surface area contributed by atoms with Crippen LogP contribution in [-0.4, -0.2) is 37.6 Å². The molecule has 1 aromatic carbocycles. The second kappa shape index (κ2) is 8.21. The third-order valence-electron chi connectivity index (χ3n) is 4.94. The minimum absolute atomic E-state index is 0.0738. The number of nitrogens with one attached hydrogen (secondary N) is 1. The Balaban J connectivity index is 1.64. The summed E-state index contributed by atoms with van der Waals surface area (Å²) >= 11 is 0. The molecule has 0 aliphatic carbocycles. The lowest BCUT2D eigenvalue weighted by Gasteiger charge is -2.35. The Kier molecular flexibility index (Phi) is 5.76. The molecule has 2 aromatic rings. The molecule has 0 saturated carbocycles. The summed E-state index contributed by atoms with van der Waals surface area (Å²) < 4.78 is 10.8. The first-order valence-corrected chi connectivity index (χ1v) is 8.87. The van der Waals surface area contributed by atoms with Crippen LogP contribution in [0.15, 0.2) is 47.1 Å². The summed E-state index contributed by atoms with van der Waals surface area (Å²) in [6.45, 7) is 4.90. The van der Waals surface area contributed by atoms with E-state index in [9.17, 15) is 4.79 Å². The second-order valence-corrected chi connectivity index (χ2v) is 6.69. The Morgan fingerprint density at radius 1 is 1.28 bits per heavy atom. The standard InChI is InChI=1S/C20H26N2O3/c1-15-9-11-22(12-10-15)18(19-4-3-13-25-19)14-21-20(23)16-5-7-17(24-2)8-6-16/h3-8,13,15,18H,9-12,14H2,1-2H3,(H,21,23)/t18-/m0/s1. The first-order valence-electron chi connectivity index (χ1n) is 8.87. The number of amides is 1. The molecule has 0 bridgehead atoms. The summed E-state index contributed by atoms with van der Waals surface area (Å²) in [6.07, 6.45) is 4.06. The van der Waals surface area contributed by atoms with Gasteiger partial charge in [0.2, 0.25) is 0 Å². The van der Waals surface area contributed by atoms with E-state index in [-0.39, 0.29) is 11.9 Å². The SMILES string of the molecule is COc1ccc(C(=O)NC[C@@H](c2ccco2)N2CCC(C)CC2)cc1. The highest BCUT2D eigenvalue weighted by molar-refractivity contribution is 5.94. The van der Waals surface area contributed by atoms with Gasteiger partial charge in [0.05, 0.1) is 19.4 Å². The maximum atomic E-state index is 12.5. The number of ether oxygens (including phenoxy) is 1. The summed E-state index contributed by atoms with van der Waals surface area (Å²) in [4.78, 5) is 14.9. The van der Waals surface area contributed by atoms with Crippen molar-refractivity contribution in [1.29, 1.82) is 0 Å². The number of hydrogen-bond donors (Lipinski definition) is 1. The van der Waals surface area contributed by atoms with Gasteiger partial charge in [-0.25, -0.2) is 0 Å². The normalized spacial score (nSPS) is 17.2. The minimum Gasteiger partial charge on any atom is -0.497 e. The Morgan fingerprint density at radius 3 is 2.60 bits per heavy atom. The molecule has 5 heteroatoms. The summed E-state index contributed by atoms with van der Waals surface area (Å²) in [6, 6.07) is 11.1. The zero-order valence-electron chi connectivity index (χ0n) is 14.9. The second-order valence-electron chi connectivity index (χ2n) is 6.69. The number of likely N-dealkylation sites (tertiary alicyclic amines) is 1. The van der Waals surface area contributed by atoms with Crippen molar-refractivity contribution in [3.05, 3.63) is 54.0 Å². The quantitative estimate of drug-likeness (QED) is 0.873. The third kappa shape index (κ3) is 4.42. The van der Waals surface area contributed by atoms with Crippen LogP contribution in [0.1, 0.15) is 41.9 Å². The lowest BCUT2D eigenvalue weighted by Crippen LogP contribution is -2.41. The van der Waals surface area contributed by atoms with Crippen LogP contribution in [0.2, 0.25) is 0 Å². The van der Waals surface area contributed by atoms with Crippen LogP contribution in [0.4, 0.5) is 0 Å². The van der Waals surface area contributed by atoms with Crippen molar-refractivity contribution in [3.8, 4) is 5.75 Å². The molecule has 1 aromatic heterocycles. The number of furan rings is 1. The number of piperidine rings is 1. The number of hydrogen-bond acceptors (Lipinski definition) is 4. The first kappa shape index (κ1) is 17.5. The number of rotatable bonds is 6. The summed E-state index contributed by atoms with van der Waals surface area (Å²) in [7, 11) is 1.61. The largest absolute Gasteiger partial charge is 0.497 e. The molecule has 134 valence electrons. The molecule has 5 nitrogen and oxygen atoms in total. The van der Waals surface area contributed by atoms with Gasteiger partial charge in [0.15, 0.2) is 0 Å². The summed E-state index contributed by atoms with van der Waals surface area (Å²) in [5, 5.41) is 3.05. The molecule has 1 atom stereocenters. The van der Waals surface area contributed by atoms with Crippen LogP contribution in [0.25, 0.3) is 0 Å². The van der Waals surface area contributed by atoms with Crippen LogP contribution >= 0.6 is 0 Å². The van der Waals surface area contributed by atoms with Crippen LogP contribution in [0, 0.1) is 5.92 Å². The highest BCUT2D eigenvalue weighted by Gasteiger charge is 2.26. The molecule has 0 spiro atoms. The van der Waals surface area contributed by atoms with Gasteiger partial charge in [-0.2, -0.15) is 0 Å². The number of methoxy groups -OCH3 is 1. The maximum absolute atomic E-state index is 12.5. The van der Waals surface area contributed by atoms with Crippen LogP contribution < -0.4 is 10.1 Å². The van der Waals surface area contributed by atoms with E-state index in [4.69, 9.17) is 9.15 Å². The number of nitrogens with zero attached hydrogens (tertiary/aromatic N) is 1. The van der Waals surface area contributed by atoms with Crippen molar-refractivity contribution in [3.63, 3.8) is 0 Å². The van der Waals surface area contributed by atoms with E-state index in [1.165, 1.54) is 12.8 Å². The zero-order chi connectivity index (χ0) is 17.6. The van der Waals surface area contributed by atoms with Gasteiger partial charge >= 0.3 is 0 Å². The Bertz CT molecular complexity index is 659. The maximum Gasteiger partial charge on any atom is 0.251 e. The molecule has 2 heterocycles. The number of benzene rings is 1. The lowest BCUT2D eigenvalue weighted by atomic mass is 9.97. The van der Waals surface area contributed by atoms with Crippen molar-refractivity contribution >= 4 is 5.91 Å². The summed E-state index contributed by atoms with van der Waals surface area (Å²) in [5.74, 6) is 2.34. The predicted molar refractivity (Wildman–Crippen MR) is 96.7 cm³/mol. The molecule has 1 aliphatic heterocycles. The average molecular weight is 342 g/mol. The van der Waals surface area contributed by atoms with Gasteiger partial charge in [-0.3, -0.25) is 9.69 Å². The lowest BCUT2D eigenvalue weighted by molar-refractivity contribution is 0.0895. The van der Waals surface area contributed by atoms with Crippen molar-refractivity contribution in [2.75, 3.05) is 26.7 Å². The molecule has 1 saturated heterocycles. The van der Waals surface area contributed by atoms with Crippen molar-refractivity contribution in [1.82, 2.24) is 10.2 Å². The van der Waals surface area contributed by atoms with Crippen LogP contribution in [0.3, 0.4) is 0 Å². The van der Waals surface area contributed by atoms with Crippen molar-refractivity contribution < 1.29 is 13.9 Å². The van der Waals surface area contributed by atoms with E-state index >= 15 is 0 Å². The van der Waals surface area contributed by atoms with Gasteiger partial charge in [-0.05, 0) is 68.2 Å². The van der Waals surface area contributed by atoms with Gasteiger partial charge in [-0.1, -0.05) is 6.92 Å². The van der Waals surface area contributed by atoms with Crippen molar-refractivity contribution in [2.45, 2.75) is 25.8 Å². The first-order chi connectivity index (χ1) is 12.2. The monoisotopic (exact) mass is 342 g/mol. The fourth-order valence-corrected chi connectivity index (χ4v) is 3.26. The number of carbonyl (C=O) groups is 1. The van der Waals surface area contributed by atoms with Gasteiger partial charge in [0, 0.05) is 12.1 Å².